The summed E-state index contributed by atoms with van der Waals surface area (Å²) < 4.78 is 1.68. The second-order valence-electron chi connectivity index (χ2n) is 4.00. The van der Waals surface area contributed by atoms with Crippen LogP contribution in [0.4, 0.5) is 0 Å². The highest BCUT2D eigenvalue weighted by atomic mass is 35.5. The molecule has 0 bridgehead atoms. The smallest absolute Gasteiger partial charge is 0.346 e. The summed E-state index contributed by atoms with van der Waals surface area (Å²) in [6, 6.07) is 0. The third-order valence-electron chi connectivity index (χ3n) is 2.67. The van der Waals surface area contributed by atoms with Crippen molar-refractivity contribution < 1.29 is 9.90 Å². The minimum atomic E-state index is -1.13. The van der Waals surface area contributed by atoms with Crippen LogP contribution in [0.5, 0.6) is 0 Å². The normalized spacial score (nSPS) is 10.8. The molecule has 0 spiro atoms. The maximum atomic E-state index is 11.4. The summed E-state index contributed by atoms with van der Waals surface area (Å²) in [5.41, 5.74) is -0.305. The van der Waals surface area contributed by atoms with Crippen LogP contribution in [0.1, 0.15) is 21.9 Å². The number of hydrogen-bond donors (Lipinski definition) is 2. The summed E-state index contributed by atoms with van der Waals surface area (Å²) in [5, 5.41) is 9.82. The number of aryl methyl sites for hydroxylation is 1. The number of aromatic carboxylic acids is 1. The number of nitrogens with one attached hydrogen (secondary N) is 1. The van der Waals surface area contributed by atoms with Crippen molar-refractivity contribution in [3.8, 4) is 0 Å². The van der Waals surface area contributed by atoms with Gasteiger partial charge in [-0.2, -0.15) is 4.98 Å². The summed E-state index contributed by atoms with van der Waals surface area (Å²) in [6.45, 7) is 1.52. The fraction of sp³-hybridized carbons (Fsp3) is 0.273. The third-order valence-corrected chi connectivity index (χ3v) is 3.99. The molecule has 0 radical (unpaired) electrons. The standard InChI is InChI=1S/C11H11ClN4O3S/c1-5-8(10(17)18)9(15-11(19)14-5)20-4-7-13-3-6(12)16(7)2/h3H,4H2,1-2H3,(H,17,18)(H,14,15,19). The first kappa shape index (κ1) is 14.6. The number of carbonyl (C=O) groups is 1. The number of H-pyrrole nitrogens is 1. The van der Waals surface area contributed by atoms with Crippen molar-refractivity contribution in [3.05, 3.63) is 38.9 Å². The van der Waals surface area contributed by atoms with Crippen molar-refractivity contribution in [1.82, 2.24) is 19.5 Å². The number of carboxylic acid groups (broad SMARTS) is 1. The van der Waals surface area contributed by atoms with Gasteiger partial charge >= 0.3 is 11.7 Å². The van der Waals surface area contributed by atoms with E-state index in [9.17, 15) is 14.7 Å². The molecule has 2 rings (SSSR count). The first-order valence-corrected chi connectivity index (χ1v) is 6.89. The van der Waals surface area contributed by atoms with E-state index < -0.39 is 11.7 Å². The highest BCUT2D eigenvalue weighted by molar-refractivity contribution is 7.98. The molecule has 106 valence electrons. The maximum Gasteiger partial charge on any atom is 0.346 e. The molecule has 0 atom stereocenters. The number of thioether (sulfide) groups is 1. The second kappa shape index (κ2) is 5.68. The highest BCUT2D eigenvalue weighted by Gasteiger charge is 2.17. The number of aromatic amines is 1. The zero-order chi connectivity index (χ0) is 14.9. The average Bonchev–Trinajstić information content (AvgIpc) is 2.66. The number of aromatic nitrogens is 4. The van der Waals surface area contributed by atoms with Crippen molar-refractivity contribution in [1.29, 1.82) is 0 Å². The largest absolute Gasteiger partial charge is 0.478 e. The molecule has 20 heavy (non-hydrogen) atoms. The number of carboxylic acids is 1. The minimum absolute atomic E-state index is 0.00472. The van der Waals surface area contributed by atoms with Crippen LogP contribution in [0, 0.1) is 6.92 Å². The number of hydrogen-bond acceptors (Lipinski definition) is 5. The van der Waals surface area contributed by atoms with E-state index in [1.807, 2.05) is 0 Å². The van der Waals surface area contributed by atoms with Crippen LogP contribution < -0.4 is 5.69 Å². The Morgan fingerprint density at radius 1 is 1.60 bits per heavy atom. The van der Waals surface area contributed by atoms with Gasteiger partial charge in [0.25, 0.3) is 0 Å². The minimum Gasteiger partial charge on any atom is -0.478 e. The molecular weight excluding hydrogens is 304 g/mol. The Balaban J connectivity index is 2.32. The molecule has 0 aliphatic heterocycles. The Kier molecular flexibility index (Phi) is 4.15. The van der Waals surface area contributed by atoms with Crippen molar-refractivity contribution in [2.45, 2.75) is 17.7 Å². The molecule has 2 N–H and O–H groups in total. The van der Waals surface area contributed by atoms with Gasteiger partial charge in [0.05, 0.1) is 11.9 Å². The van der Waals surface area contributed by atoms with Crippen LogP contribution in [0.15, 0.2) is 16.0 Å². The van der Waals surface area contributed by atoms with E-state index >= 15 is 0 Å². The van der Waals surface area contributed by atoms with E-state index in [1.54, 1.807) is 11.6 Å². The lowest BCUT2D eigenvalue weighted by molar-refractivity contribution is 0.0690. The summed E-state index contributed by atoms with van der Waals surface area (Å²) >= 11 is 7.00. The van der Waals surface area contributed by atoms with Gasteiger partial charge in [0.2, 0.25) is 0 Å². The van der Waals surface area contributed by atoms with Crippen molar-refractivity contribution in [2.24, 2.45) is 7.05 Å². The highest BCUT2D eigenvalue weighted by Crippen LogP contribution is 2.25. The van der Waals surface area contributed by atoms with Gasteiger partial charge in [-0.15, -0.1) is 0 Å². The molecular formula is C11H11ClN4O3S. The molecule has 0 aliphatic rings. The molecule has 9 heteroatoms. The van der Waals surface area contributed by atoms with E-state index in [2.05, 4.69) is 15.0 Å². The third kappa shape index (κ3) is 2.86. The Labute approximate surface area is 123 Å². The fourth-order valence-electron chi connectivity index (χ4n) is 1.61. The zero-order valence-corrected chi connectivity index (χ0v) is 12.2. The second-order valence-corrected chi connectivity index (χ2v) is 5.35. The summed E-state index contributed by atoms with van der Waals surface area (Å²) in [5.74, 6) is -0.109. The predicted molar refractivity (Wildman–Crippen MR) is 74.3 cm³/mol. The van der Waals surface area contributed by atoms with E-state index in [0.717, 1.165) is 11.8 Å². The average molecular weight is 315 g/mol. The van der Waals surface area contributed by atoms with Crippen LogP contribution in [-0.4, -0.2) is 30.6 Å². The molecule has 0 fully saturated rings. The quantitative estimate of drug-likeness (QED) is 0.654. The lowest BCUT2D eigenvalue weighted by Gasteiger charge is -2.07. The van der Waals surface area contributed by atoms with Gasteiger partial charge in [0.1, 0.15) is 21.6 Å². The molecule has 7 nitrogen and oxygen atoms in total. The topological polar surface area (TPSA) is 101 Å². The Morgan fingerprint density at radius 2 is 2.30 bits per heavy atom. The van der Waals surface area contributed by atoms with Gasteiger partial charge in [-0.3, -0.25) is 0 Å². The summed E-state index contributed by atoms with van der Waals surface area (Å²) in [4.78, 5) is 32.8. The molecule has 0 saturated carbocycles. The maximum absolute atomic E-state index is 11.4. The fourth-order valence-corrected chi connectivity index (χ4v) is 2.82. The Hall–Kier alpha value is -1.80. The summed E-state index contributed by atoms with van der Waals surface area (Å²) in [6.07, 6.45) is 1.51. The molecule has 2 aromatic rings. The first-order chi connectivity index (χ1) is 9.40. The lowest BCUT2D eigenvalue weighted by atomic mass is 10.2. The van der Waals surface area contributed by atoms with Crippen molar-refractivity contribution in [2.75, 3.05) is 0 Å². The van der Waals surface area contributed by atoms with Gasteiger partial charge < -0.3 is 14.7 Å². The summed E-state index contributed by atoms with van der Waals surface area (Å²) in [7, 11) is 1.75. The van der Waals surface area contributed by atoms with Gasteiger partial charge in [0.15, 0.2) is 0 Å². The van der Waals surface area contributed by atoms with Crippen LogP contribution >= 0.6 is 23.4 Å². The Bertz CT molecular complexity index is 725. The van der Waals surface area contributed by atoms with E-state index in [4.69, 9.17) is 11.6 Å². The van der Waals surface area contributed by atoms with Crippen molar-refractivity contribution >= 4 is 29.3 Å². The van der Waals surface area contributed by atoms with Crippen LogP contribution in [0.3, 0.4) is 0 Å². The van der Waals surface area contributed by atoms with E-state index in [1.165, 1.54) is 13.1 Å². The van der Waals surface area contributed by atoms with E-state index in [0.29, 0.717) is 16.7 Å². The van der Waals surface area contributed by atoms with Crippen LogP contribution in [0.2, 0.25) is 5.15 Å². The molecule has 0 unspecified atom stereocenters. The van der Waals surface area contributed by atoms with Crippen LogP contribution in [-0.2, 0) is 12.8 Å². The van der Waals surface area contributed by atoms with E-state index in [-0.39, 0.29) is 16.3 Å². The number of rotatable bonds is 4. The molecule has 0 saturated heterocycles. The molecule has 0 aromatic carbocycles. The number of nitrogens with zero attached hydrogens (tertiary/aromatic N) is 3. The van der Waals surface area contributed by atoms with Gasteiger partial charge in [-0.05, 0) is 6.92 Å². The van der Waals surface area contributed by atoms with Crippen molar-refractivity contribution in [3.63, 3.8) is 0 Å². The van der Waals surface area contributed by atoms with Gasteiger partial charge in [0, 0.05) is 12.7 Å². The Morgan fingerprint density at radius 3 is 2.85 bits per heavy atom. The van der Waals surface area contributed by atoms with Gasteiger partial charge in [-0.25, -0.2) is 14.6 Å². The lowest BCUT2D eigenvalue weighted by Crippen LogP contribution is -2.18. The monoisotopic (exact) mass is 314 g/mol. The molecule has 2 aromatic heterocycles. The van der Waals surface area contributed by atoms with Crippen LogP contribution in [0.25, 0.3) is 0 Å². The zero-order valence-electron chi connectivity index (χ0n) is 10.7. The SMILES string of the molecule is Cc1[nH]c(=O)nc(SCc2ncc(Cl)n2C)c1C(=O)O. The first-order valence-electron chi connectivity index (χ1n) is 5.53. The number of halogens is 1. The molecule has 2 heterocycles. The van der Waals surface area contributed by atoms with Gasteiger partial charge in [-0.1, -0.05) is 23.4 Å². The molecule has 0 aliphatic carbocycles. The molecule has 0 amide bonds. The number of imidazole rings is 1. The predicted octanol–water partition coefficient (Wildman–Crippen LogP) is 1.46.